The van der Waals surface area contributed by atoms with Gasteiger partial charge in [0.1, 0.15) is 0 Å². The number of aliphatic hydroxyl groups excluding tert-OH is 1. The van der Waals surface area contributed by atoms with Gasteiger partial charge < -0.3 is 9.67 Å². The molecule has 114 valence electrons. The summed E-state index contributed by atoms with van der Waals surface area (Å²) in [6, 6.07) is 8.33. The number of aromatic amines is 1. The van der Waals surface area contributed by atoms with Gasteiger partial charge in [0.2, 0.25) is 0 Å². The Bertz CT molecular complexity index is 744. The molecule has 1 atom stereocenters. The van der Waals surface area contributed by atoms with Crippen molar-refractivity contribution in [1.29, 1.82) is 0 Å². The molecule has 0 amide bonds. The lowest BCUT2D eigenvalue weighted by Gasteiger charge is -2.08. The Morgan fingerprint density at radius 2 is 2.18 bits per heavy atom. The quantitative estimate of drug-likeness (QED) is 0.761. The van der Waals surface area contributed by atoms with Gasteiger partial charge in [0.05, 0.1) is 23.8 Å². The smallest absolute Gasteiger partial charge is 0.0991 e. The molecule has 5 nitrogen and oxygen atoms in total. The third-order valence-electron chi connectivity index (χ3n) is 3.75. The molecular weight excluding hydrogens is 276 g/mol. The van der Waals surface area contributed by atoms with Crippen LogP contribution in [0.5, 0.6) is 0 Å². The van der Waals surface area contributed by atoms with E-state index in [-0.39, 0.29) is 6.10 Å². The molecular formula is C17H20N4O. The topological polar surface area (TPSA) is 66.7 Å². The number of nitrogens with one attached hydrogen (secondary N) is 1. The molecule has 0 bridgehead atoms. The van der Waals surface area contributed by atoms with Crippen molar-refractivity contribution in [3.63, 3.8) is 0 Å². The number of imidazole rings is 1. The van der Waals surface area contributed by atoms with Crippen molar-refractivity contribution < 1.29 is 5.11 Å². The lowest BCUT2D eigenvalue weighted by Crippen LogP contribution is -2.01. The van der Waals surface area contributed by atoms with Gasteiger partial charge in [-0.05, 0) is 44.4 Å². The van der Waals surface area contributed by atoms with Gasteiger partial charge in [-0.25, -0.2) is 4.98 Å². The zero-order valence-corrected chi connectivity index (χ0v) is 12.8. The molecule has 0 aliphatic carbocycles. The highest BCUT2D eigenvalue weighted by Gasteiger charge is 2.08. The van der Waals surface area contributed by atoms with E-state index in [4.69, 9.17) is 0 Å². The first-order valence-corrected chi connectivity index (χ1v) is 7.45. The van der Waals surface area contributed by atoms with Gasteiger partial charge in [0.25, 0.3) is 0 Å². The van der Waals surface area contributed by atoms with Crippen LogP contribution in [-0.4, -0.2) is 31.0 Å². The van der Waals surface area contributed by atoms with Gasteiger partial charge in [-0.3, -0.25) is 5.10 Å². The fourth-order valence-corrected chi connectivity index (χ4v) is 2.45. The van der Waals surface area contributed by atoms with E-state index in [9.17, 15) is 5.11 Å². The van der Waals surface area contributed by atoms with E-state index in [1.807, 2.05) is 16.8 Å². The highest BCUT2D eigenvalue weighted by molar-refractivity contribution is 5.64. The Morgan fingerprint density at radius 1 is 1.32 bits per heavy atom. The van der Waals surface area contributed by atoms with Crippen LogP contribution in [0.2, 0.25) is 0 Å². The van der Waals surface area contributed by atoms with Crippen molar-refractivity contribution in [2.24, 2.45) is 0 Å². The summed E-state index contributed by atoms with van der Waals surface area (Å²) < 4.78 is 2.00. The number of nitrogens with zero attached hydrogens (tertiary/aromatic N) is 3. The van der Waals surface area contributed by atoms with E-state index in [1.54, 1.807) is 19.4 Å². The summed E-state index contributed by atoms with van der Waals surface area (Å²) in [6.07, 6.45) is 6.74. The van der Waals surface area contributed by atoms with Gasteiger partial charge in [-0.2, -0.15) is 5.10 Å². The molecule has 0 radical (unpaired) electrons. The number of aryl methyl sites for hydroxylation is 2. The maximum absolute atomic E-state index is 9.37. The monoisotopic (exact) mass is 296 g/mol. The molecule has 5 heteroatoms. The molecule has 1 unspecified atom stereocenters. The Labute approximate surface area is 129 Å². The van der Waals surface area contributed by atoms with Crippen LogP contribution in [-0.2, 0) is 6.42 Å². The van der Waals surface area contributed by atoms with Crippen LogP contribution in [0.4, 0.5) is 0 Å². The summed E-state index contributed by atoms with van der Waals surface area (Å²) in [4.78, 5) is 4.10. The SMILES string of the molecule is Cc1ccc(-c2cc(CCC(C)O)[nH]n2)cc1-n1ccnc1. The van der Waals surface area contributed by atoms with Crippen LogP contribution in [0.3, 0.4) is 0 Å². The van der Waals surface area contributed by atoms with E-state index in [0.29, 0.717) is 0 Å². The van der Waals surface area contributed by atoms with Crippen molar-refractivity contribution >= 4 is 0 Å². The average Bonchev–Trinajstić information content (AvgIpc) is 3.17. The number of benzene rings is 1. The second-order valence-electron chi connectivity index (χ2n) is 5.64. The van der Waals surface area contributed by atoms with Gasteiger partial charge >= 0.3 is 0 Å². The standard InChI is InChI=1S/C17H20N4O/c1-12-3-5-14(9-17(12)21-8-7-18-11-21)16-10-15(19-20-16)6-4-13(2)22/h3,5,7-11,13,22H,4,6H2,1-2H3,(H,19,20). The minimum absolute atomic E-state index is 0.293. The molecule has 0 aliphatic rings. The third-order valence-corrected chi connectivity index (χ3v) is 3.75. The molecule has 0 saturated carbocycles. The fraction of sp³-hybridized carbons (Fsp3) is 0.294. The first-order valence-electron chi connectivity index (χ1n) is 7.45. The number of hydrogen-bond donors (Lipinski definition) is 2. The number of H-pyrrole nitrogens is 1. The second kappa shape index (κ2) is 6.15. The van der Waals surface area contributed by atoms with Gasteiger partial charge in [-0.1, -0.05) is 12.1 Å². The Morgan fingerprint density at radius 3 is 2.91 bits per heavy atom. The fourth-order valence-electron chi connectivity index (χ4n) is 2.45. The van der Waals surface area contributed by atoms with Crippen LogP contribution in [0, 0.1) is 6.92 Å². The second-order valence-corrected chi connectivity index (χ2v) is 5.64. The van der Waals surface area contributed by atoms with E-state index in [2.05, 4.69) is 40.3 Å². The van der Waals surface area contributed by atoms with Crippen molar-refractivity contribution in [1.82, 2.24) is 19.7 Å². The summed E-state index contributed by atoms with van der Waals surface area (Å²) in [5.74, 6) is 0. The number of aromatic nitrogens is 4. The molecule has 0 saturated heterocycles. The minimum Gasteiger partial charge on any atom is -0.393 e. The Hall–Kier alpha value is -2.40. The molecule has 0 fully saturated rings. The van der Waals surface area contributed by atoms with E-state index < -0.39 is 0 Å². The van der Waals surface area contributed by atoms with Crippen molar-refractivity contribution in [2.45, 2.75) is 32.8 Å². The summed E-state index contributed by atoms with van der Waals surface area (Å²) in [5, 5.41) is 16.8. The van der Waals surface area contributed by atoms with Gasteiger partial charge in [-0.15, -0.1) is 0 Å². The maximum atomic E-state index is 9.37. The van der Waals surface area contributed by atoms with Crippen molar-refractivity contribution in [2.75, 3.05) is 0 Å². The maximum Gasteiger partial charge on any atom is 0.0991 e. The summed E-state index contributed by atoms with van der Waals surface area (Å²) in [5.41, 5.74) is 5.31. The molecule has 1 aromatic carbocycles. The van der Waals surface area contributed by atoms with Crippen LogP contribution < -0.4 is 0 Å². The third kappa shape index (κ3) is 3.09. The molecule has 0 aliphatic heterocycles. The molecule has 3 rings (SSSR count). The molecule has 22 heavy (non-hydrogen) atoms. The van der Waals surface area contributed by atoms with Gasteiger partial charge in [0, 0.05) is 23.7 Å². The summed E-state index contributed by atoms with van der Waals surface area (Å²) >= 11 is 0. The average molecular weight is 296 g/mol. The van der Waals surface area contributed by atoms with Crippen molar-refractivity contribution in [3.8, 4) is 16.9 Å². The largest absolute Gasteiger partial charge is 0.393 e. The zero-order valence-electron chi connectivity index (χ0n) is 12.8. The molecule has 2 aromatic heterocycles. The van der Waals surface area contributed by atoms with Crippen molar-refractivity contribution in [3.05, 3.63) is 54.2 Å². The van der Waals surface area contributed by atoms with E-state index in [0.717, 1.165) is 35.5 Å². The summed E-state index contributed by atoms with van der Waals surface area (Å²) in [7, 11) is 0. The lowest BCUT2D eigenvalue weighted by molar-refractivity contribution is 0.184. The number of aliphatic hydroxyl groups is 1. The zero-order chi connectivity index (χ0) is 15.5. The van der Waals surface area contributed by atoms with E-state index >= 15 is 0 Å². The molecule has 3 aromatic rings. The van der Waals surface area contributed by atoms with Crippen LogP contribution in [0.15, 0.2) is 43.0 Å². The number of hydrogen-bond acceptors (Lipinski definition) is 3. The number of rotatable bonds is 5. The normalized spacial score (nSPS) is 12.5. The van der Waals surface area contributed by atoms with Crippen LogP contribution in [0.25, 0.3) is 16.9 Å². The first-order chi connectivity index (χ1) is 10.6. The highest BCUT2D eigenvalue weighted by Crippen LogP contribution is 2.24. The van der Waals surface area contributed by atoms with E-state index in [1.165, 1.54) is 5.56 Å². The molecule has 2 N–H and O–H groups in total. The molecule has 0 spiro atoms. The van der Waals surface area contributed by atoms with Gasteiger partial charge in [0.15, 0.2) is 0 Å². The van der Waals surface area contributed by atoms with Crippen LogP contribution >= 0.6 is 0 Å². The highest BCUT2D eigenvalue weighted by atomic mass is 16.3. The predicted octanol–water partition coefficient (Wildman–Crippen LogP) is 2.88. The Kier molecular flexibility index (Phi) is 4.06. The Balaban J connectivity index is 1.88. The molecule has 2 heterocycles. The summed E-state index contributed by atoms with van der Waals surface area (Å²) in [6.45, 7) is 3.88. The minimum atomic E-state index is -0.293. The van der Waals surface area contributed by atoms with Crippen LogP contribution in [0.1, 0.15) is 24.6 Å². The lowest BCUT2D eigenvalue weighted by atomic mass is 10.1. The first kappa shape index (κ1) is 14.5. The predicted molar refractivity (Wildman–Crippen MR) is 85.9 cm³/mol.